The monoisotopic (exact) mass is 769 g/mol. The minimum atomic E-state index is -0.845. The molecule has 2 aromatic carbocycles. The van der Waals surface area contributed by atoms with Gasteiger partial charge in [-0.2, -0.15) is 4.98 Å². The Morgan fingerprint density at radius 3 is 2.55 bits per heavy atom. The molecule has 3 heterocycles. The molecule has 15 heteroatoms. The maximum absolute atomic E-state index is 13.0. The number of ether oxygens (including phenoxy) is 2. The highest BCUT2D eigenvalue weighted by Gasteiger charge is 2.25. The van der Waals surface area contributed by atoms with E-state index in [9.17, 15) is 9.59 Å². The smallest absolute Gasteiger partial charge is 0.323 e. The molecule has 6 rings (SSSR count). The highest BCUT2D eigenvalue weighted by atomic mass is 16.5. The van der Waals surface area contributed by atoms with E-state index in [4.69, 9.17) is 25.2 Å². The molecule has 1 atom stereocenters. The first-order valence-electron chi connectivity index (χ1n) is 20.4. The molecule has 0 spiro atoms. The van der Waals surface area contributed by atoms with Gasteiger partial charge in [0.2, 0.25) is 11.9 Å². The number of aromatic nitrogens is 5. The zero-order chi connectivity index (χ0) is 39.0. The average Bonchev–Trinajstić information content (AvgIpc) is 3.70. The number of nitrogens with one attached hydrogen (secondary N) is 4. The molecule has 2 fully saturated rings. The summed E-state index contributed by atoms with van der Waals surface area (Å²) >= 11 is 0. The van der Waals surface area contributed by atoms with Crippen molar-refractivity contribution < 1.29 is 19.1 Å². The van der Waals surface area contributed by atoms with Crippen LogP contribution in [0.2, 0.25) is 0 Å². The zero-order valence-corrected chi connectivity index (χ0v) is 32.8. The van der Waals surface area contributed by atoms with Gasteiger partial charge in [-0.15, -0.1) is 5.10 Å². The quantitative estimate of drug-likeness (QED) is 0.0594. The molecule has 56 heavy (non-hydrogen) atoms. The molecule has 2 aromatic heterocycles. The number of anilines is 2. The average molecular weight is 770 g/mol. The molecule has 15 nitrogen and oxygen atoms in total. The number of benzene rings is 2. The molecular weight excluding hydrogens is 711 g/mol. The summed E-state index contributed by atoms with van der Waals surface area (Å²) in [5.74, 6) is 1.38. The molecule has 2 aliphatic rings. The molecule has 1 aliphatic carbocycles. The number of carbonyl (C=O) groups is 2. The Hall–Kier alpha value is -4.86. The number of aryl methyl sites for hydroxylation is 1. The molecule has 0 unspecified atom stereocenters. The summed E-state index contributed by atoms with van der Waals surface area (Å²) in [6.07, 6.45) is 12.8. The van der Waals surface area contributed by atoms with Gasteiger partial charge in [0.25, 0.3) is 0 Å². The van der Waals surface area contributed by atoms with Gasteiger partial charge in [0.15, 0.2) is 0 Å². The maximum atomic E-state index is 13.0. The van der Waals surface area contributed by atoms with Gasteiger partial charge < -0.3 is 41.4 Å². The van der Waals surface area contributed by atoms with Crippen LogP contribution >= 0.6 is 0 Å². The molecule has 1 saturated carbocycles. The van der Waals surface area contributed by atoms with Crippen LogP contribution in [0.4, 0.5) is 11.8 Å². The standard InChI is InChI=1S/C41H59N11O4/c1-55-34-14-15-35-37(26-34)47-41(45-27-33-28-52(50-49-33)23-9-21-43-20-8-22-44-31-12-6-3-7-13-31)48-39(35)46-32-18-24-51(25-19-32)38(53)17-16-36(42)40(54)56-29-30-10-4-2-5-11-30/h2,4-5,10-11,14-15,26,28,31-32,36,43-44H,3,6-9,12-13,16-25,27,29,42H2,1H3,(H2,45,46,47,48)/t36-/m0/s1. The Morgan fingerprint density at radius 1 is 0.946 bits per heavy atom. The number of hydrogen-bond acceptors (Lipinski definition) is 13. The van der Waals surface area contributed by atoms with Gasteiger partial charge in [0, 0.05) is 49.6 Å². The third-order valence-corrected chi connectivity index (χ3v) is 10.6. The van der Waals surface area contributed by atoms with Crippen molar-refractivity contribution in [1.82, 2.24) is 40.5 Å². The zero-order valence-electron chi connectivity index (χ0n) is 32.8. The van der Waals surface area contributed by atoms with E-state index >= 15 is 0 Å². The molecular formula is C41H59N11O4. The largest absolute Gasteiger partial charge is 0.497 e. The van der Waals surface area contributed by atoms with Gasteiger partial charge in [-0.05, 0) is 82.3 Å². The Balaban J connectivity index is 0.929. The lowest BCUT2D eigenvalue weighted by molar-refractivity contribution is -0.146. The summed E-state index contributed by atoms with van der Waals surface area (Å²) in [6.45, 7) is 5.62. The van der Waals surface area contributed by atoms with E-state index in [2.05, 4.69) is 31.6 Å². The summed E-state index contributed by atoms with van der Waals surface area (Å²) < 4.78 is 12.7. The van der Waals surface area contributed by atoms with Crippen molar-refractivity contribution >= 4 is 34.5 Å². The number of amides is 1. The fourth-order valence-corrected chi connectivity index (χ4v) is 7.30. The highest BCUT2D eigenvalue weighted by molar-refractivity contribution is 5.91. The van der Waals surface area contributed by atoms with Crippen LogP contribution in [0.3, 0.4) is 0 Å². The fourth-order valence-electron chi connectivity index (χ4n) is 7.30. The van der Waals surface area contributed by atoms with E-state index < -0.39 is 12.0 Å². The minimum Gasteiger partial charge on any atom is -0.497 e. The summed E-state index contributed by atoms with van der Waals surface area (Å²) in [7, 11) is 1.64. The molecule has 1 saturated heterocycles. The third-order valence-electron chi connectivity index (χ3n) is 10.6. The van der Waals surface area contributed by atoms with Crippen molar-refractivity contribution in [3.63, 3.8) is 0 Å². The second-order valence-electron chi connectivity index (χ2n) is 14.9. The molecule has 1 aliphatic heterocycles. The Labute approximate surface area is 329 Å². The lowest BCUT2D eigenvalue weighted by Crippen LogP contribution is -2.43. The van der Waals surface area contributed by atoms with Crippen molar-refractivity contribution in [2.75, 3.05) is 50.5 Å². The van der Waals surface area contributed by atoms with Crippen molar-refractivity contribution in [3.05, 3.63) is 66.0 Å². The fraction of sp³-hybridized carbons (Fsp3) is 0.561. The predicted molar refractivity (Wildman–Crippen MR) is 217 cm³/mol. The lowest BCUT2D eigenvalue weighted by atomic mass is 9.95. The number of rotatable bonds is 21. The summed E-state index contributed by atoms with van der Waals surface area (Å²) in [5.41, 5.74) is 8.50. The van der Waals surface area contributed by atoms with Crippen LogP contribution in [0.15, 0.2) is 54.7 Å². The molecule has 1 amide bonds. The van der Waals surface area contributed by atoms with Gasteiger partial charge in [0.1, 0.15) is 29.9 Å². The molecule has 6 N–H and O–H groups in total. The molecule has 302 valence electrons. The van der Waals surface area contributed by atoms with Crippen LogP contribution in [0.1, 0.15) is 81.9 Å². The van der Waals surface area contributed by atoms with Crippen molar-refractivity contribution in [2.24, 2.45) is 5.73 Å². The van der Waals surface area contributed by atoms with E-state index in [-0.39, 0.29) is 31.4 Å². The molecule has 4 aromatic rings. The predicted octanol–water partition coefficient (Wildman–Crippen LogP) is 4.39. The van der Waals surface area contributed by atoms with Crippen LogP contribution in [0.5, 0.6) is 5.75 Å². The minimum absolute atomic E-state index is 0.0116. The number of hydrogen-bond donors (Lipinski definition) is 5. The first kappa shape index (κ1) is 40.8. The lowest BCUT2D eigenvalue weighted by Gasteiger charge is -2.33. The topological polar surface area (TPSA) is 186 Å². The van der Waals surface area contributed by atoms with Gasteiger partial charge in [-0.3, -0.25) is 14.3 Å². The van der Waals surface area contributed by atoms with Crippen LogP contribution in [-0.4, -0.2) is 99.7 Å². The second kappa shape index (κ2) is 21.4. The Kier molecular flexibility index (Phi) is 15.6. The van der Waals surface area contributed by atoms with E-state index in [0.717, 1.165) is 80.1 Å². The van der Waals surface area contributed by atoms with Gasteiger partial charge in [0.05, 0.1) is 25.4 Å². The summed E-state index contributed by atoms with van der Waals surface area (Å²) in [6, 6.07) is 15.2. The first-order valence-corrected chi connectivity index (χ1v) is 20.4. The Bertz CT molecular complexity index is 1810. The normalized spacial score (nSPS) is 15.8. The van der Waals surface area contributed by atoms with Gasteiger partial charge in [-0.25, -0.2) is 4.98 Å². The third kappa shape index (κ3) is 12.6. The Morgan fingerprint density at radius 2 is 1.75 bits per heavy atom. The first-order chi connectivity index (χ1) is 27.4. The maximum Gasteiger partial charge on any atom is 0.323 e. The van der Waals surface area contributed by atoms with E-state index in [1.54, 1.807) is 7.11 Å². The number of nitrogens with zero attached hydrogens (tertiary/aromatic N) is 6. The number of piperidine rings is 1. The number of methoxy groups -OCH3 is 1. The van der Waals surface area contributed by atoms with E-state index in [0.29, 0.717) is 37.1 Å². The SMILES string of the molecule is COc1ccc2c(NC3CCN(C(=O)CC[C@H](N)C(=O)OCc4ccccc4)CC3)nc(NCc3cn(CCCNCCCNC4CCCCC4)nn3)nc2c1. The van der Waals surface area contributed by atoms with E-state index in [1.807, 2.05) is 64.3 Å². The van der Waals surface area contributed by atoms with Gasteiger partial charge in [-0.1, -0.05) is 54.8 Å². The number of carbonyl (C=O) groups excluding carboxylic acids is 2. The van der Waals surface area contributed by atoms with E-state index in [1.165, 1.54) is 32.1 Å². The number of esters is 1. The summed E-state index contributed by atoms with van der Waals surface area (Å²) in [4.78, 5) is 36.9. The second-order valence-corrected chi connectivity index (χ2v) is 14.9. The number of likely N-dealkylation sites (tertiary alicyclic amines) is 1. The molecule has 0 bridgehead atoms. The van der Waals surface area contributed by atoms with Crippen LogP contribution in [-0.2, 0) is 34.0 Å². The number of fused-ring (bicyclic) bond motifs is 1. The molecule has 0 radical (unpaired) electrons. The number of nitrogens with two attached hydrogens (primary N) is 1. The van der Waals surface area contributed by atoms with Crippen LogP contribution in [0.25, 0.3) is 10.9 Å². The van der Waals surface area contributed by atoms with Gasteiger partial charge >= 0.3 is 5.97 Å². The van der Waals surface area contributed by atoms with Crippen molar-refractivity contribution in [3.8, 4) is 5.75 Å². The van der Waals surface area contributed by atoms with Crippen LogP contribution < -0.4 is 31.7 Å². The van der Waals surface area contributed by atoms with Crippen molar-refractivity contribution in [1.29, 1.82) is 0 Å². The highest BCUT2D eigenvalue weighted by Crippen LogP contribution is 2.28. The van der Waals surface area contributed by atoms with Crippen LogP contribution in [0, 0.1) is 0 Å². The summed E-state index contributed by atoms with van der Waals surface area (Å²) in [5, 5.41) is 23.8. The van der Waals surface area contributed by atoms with Crippen molar-refractivity contribution in [2.45, 2.75) is 108 Å².